The highest BCUT2D eigenvalue weighted by atomic mass is 16.5. The van der Waals surface area contributed by atoms with Crippen LogP contribution in [0.25, 0.3) is 0 Å². The first-order chi connectivity index (χ1) is 8.54. The van der Waals surface area contributed by atoms with Crippen molar-refractivity contribution in [3.8, 4) is 5.75 Å². The van der Waals surface area contributed by atoms with Crippen molar-refractivity contribution in [1.29, 1.82) is 0 Å². The highest BCUT2D eigenvalue weighted by molar-refractivity contribution is 5.75. The first-order valence-electron chi connectivity index (χ1n) is 6.30. The first-order valence-corrected chi connectivity index (χ1v) is 6.30. The molecule has 0 aliphatic heterocycles. The molecule has 1 rings (SSSR count). The fourth-order valence-electron chi connectivity index (χ4n) is 1.66. The van der Waals surface area contributed by atoms with Crippen LogP contribution < -0.4 is 15.8 Å². The number of nitrogens with two attached hydrogens (primary N) is 1. The summed E-state index contributed by atoms with van der Waals surface area (Å²) in [7, 11) is 0. The molecule has 0 radical (unpaired) electrons. The Hall–Kier alpha value is -1.55. The van der Waals surface area contributed by atoms with Gasteiger partial charge in [-0.05, 0) is 38.0 Å². The topological polar surface area (TPSA) is 64.3 Å². The summed E-state index contributed by atoms with van der Waals surface area (Å²) in [5.74, 6) is 0.825. The number of carbonyl (C=O) groups is 1. The number of hydrogen-bond donors (Lipinski definition) is 2. The van der Waals surface area contributed by atoms with Gasteiger partial charge in [0.05, 0.1) is 13.0 Å². The molecule has 100 valence electrons. The van der Waals surface area contributed by atoms with E-state index in [2.05, 4.69) is 5.32 Å². The summed E-state index contributed by atoms with van der Waals surface area (Å²) in [4.78, 5) is 11.3. The summed E-state index contributed by atoms with van der Waals surface area (Å²) in [6, 6.07) is 5.91. The number of carbonyl (C=O) groups excluding carboxylic acids is 1. The Morgan fingerprint density at radius 2 is 2.22 bits per heavy atom. The van der Waals surface area contributed by atoms with Crippen LogP contribution in [0, 0.1) is 6.92 Å². The molecule has 0 aliphatic rings. The average molecular weight is 250 g/mol. The summed E-state index contributed by atoms with van der Waals surface area (Å²) in [5.41, 5.74) is 7.94. The molecule has 1 amide bonds. The lowest BCUT2D eigenvalue weighted by Gasteiger charge is -2.12. The molecule has 0 fully saturated rings. The number of aryl methyl sites for hydroxylation is 1. The van der Waals surface area contributed by atoms with E-state index in [1.165, 1.54) is 0 Å². The molecule has 0 spiro atoms. The summed E-state index contributed by atoms with van der Waals surface area (Å²) in [5, 5.41) is 2.73. The first kappa shape index (κ1) is 14.5. The second kappa shape index (κ2) is 7.01. The molecular formula is C14H22N2O2. The van der Waals surface area contributed by atoms with E-state index in [0.29, 0.717) is 19.6 Å². The van der Waals surface area contributed by atoms with Gasteiger partial charge >= 0.3 is 0 Å². The van der Waals surface area contributed by atoms with Crippen molar-refractivity contribution < 1.29 is 9.53 Å². The van der Waals surface area contributed by atoms with E-state index >= 15 is 0 Å². The van der Waals surface area contributed by atoms with E-state index in [-0.39, 0.29) is 11.9 Å². The molecule has 0 unspecified atom stereocenters. The maximum absolute atomic E-state index is 11.3. The van der Waals surface area contributed by atoms with Gasteiger partial charge in [-0.1, -0.05) is 12.1 Å². The molecule has 0 aliphatic carbocycles. The zero-order valence-corrected chi connectivity index (χ0v) is 11.3. The highest BCUT2D eigenvalue weighted by Gasteiger charge is 2.05. The molecule has 0 saturated heterocycles. The van der Waals surface area contributed by atoms with Crippen molar-refractivity contribution >= 4 is 5.91 Å². The van der Waals surface area contributed by atoms with Crippen LogP contribution in [-0.4, -0.2) is 19.1 Å². The third-order valence-electron chi connectivity index (χ3n) is 2.69. The smallest absolute Gasteiger partial charge is 0.223 e. The minimum absolute atomic E-state index is 0.0161. The third kappa shape index (κ3) is 4.37. The Kier molecular flexibility index (Phi) is 5.65. The van der Waals surface area contributed by atoms with E-state index in [1.54, 1.807) is 0 Å². The highest BCUT2D eigenvalue weighted by Crippen LogP contribution is 2.21. The van der Waals surface area contributed by atoms with Gasteiger partial charge in [-0.3, -0.25) is 4.79 Å². The standard InChI is InChI=1S/C14H22N2O2/c1-4-16-14(17)7-8-18-13-6-5-12(11(3)15)9-10(13)2/h5-6,9,11H,4,7-8,15H2,1-3H3,(H,16,17)/t11-/m0/s1. The summed E-state index contributed by atoms with van der Waals surface area (Å²) >= 11 is 0. The average Bonchev–Trinajstić information content (AvgIpc) is 2.31. The van der Waals surface area contributed by atoms with Crippen LogP contribution in [-0.2, 0) is 4.79 Å². The zero-order chi connectivity index (χ0) is 13.5. The Morgan fingerprint density at radius 1 is 1.50 bits per heavy atom. The number of benzene rings is 1. The van der Waals surface area contributed by atoms with E-state index < -0.39 is 0 Å². The number of ether oxygens (including phenoxy) is 1. The van der Waals surface area contributed by atoms with Gasteiger partial charge in [0.2, 0.25) is 5.91 Å². The molecule has 1 aromatic rings. The van der Waals surface area contributed by atoms with Crippen LogP contribution >= 0.6 is 0 Å². The molecule has 0 saturated carbocycles. The van der Waals surface area contributed by atoms with E-state index in [9.17, 15) is 4.79 Å². The van der Waals surface area contributed by atoms with Gasteiger partial charge < -0.3 is 15.8 Å². The van der Waals surface area contributed by atoms with Crippen LogP contribution in [0.1, 0.15) is 37.4 Å². The van der Waals surface area contributed by atoms with Crippen molar-refractivity contribution in [3.63, 3.8) is 0 Å². The molecule has 4 nitrogen and oxygen atoms in total. The van der Waals surface area contributed by atoms with Crippen molar-refractivity contribution in [2.75, 3.05) is 13.2 Å². The molecule has 1 aromatic carbocycles. The van der Waals surface area contributed by atoms with E-state index in [0.717, 1.165) is 16.9 Å². The van der Waals surface area contributed by atoms with Crippen molar-refractivity contribution in [3.05, 3.63) is 29.3 Å². The predicted molar refractivity (Wildman–Crippen MR) is 72.6 cm³/mol. The second-order valence-corrected chi connectivity index (χ2v) is 4.37. The fourth-order valence-corrected chi connectivity index (χ4v) is 1.66. The van der Waals surface area contributed by atoms with Crippen molar-refractivity contribution in [2.24, 2.45) is 5.73 Å². The molecule has 18 heavy (non-hydrogen) atoms. The molecule has 0 bridgehead atoms. The third-order valence-corrected chi connectivity index (χ3v) is 2.69. The quantitative estimate of drug-likeness (QED) is 0.810. The lowest BCUT2D eigenvalue weighted by atomic mass is 10.1. The normalized spacial score (nSPS) is 12.0. The lowest BCUT2D eigenvalue weighted by Crippen LogP contribution is -2.24. The van der Waals surface area contributed by atoms with Gasteiger partial charge in [-0.15, -0.1) is 0 Å². The van der Waals surface area contributed by atoms with Crippen molar-refractivity contribution in [1.82, 2.24) is 5.32 Å². The predicted octanol–water partition coefficient (Wildman–Crippen LogP) is 1.92. The summed E-state index contributed by atoms with van der Waals surface area (Å²) in [6.45, 7) is 6.87. The minimum atomic E-state index is 0.0161. The Balaban J connectivity index is 2.50. The number of rotatable bonds is 6. The van der Waals surface area contributed by atoms with Crippen LogP contribution in [0.2, 0.25) is 0 Å². The van der Waals surface area contributed by atoms with E-state index in [4.69, 9.17) is 10.5 Å². The number of amides is 1. The van der Waals surface area contributed by atoms with Gasteiger partial charge in [0, 0.05) is 12.6 Å². The van der Waals surface area contributed by atoms with Crippen molar-refractivity contribution in [2.45, 2.75) is 33.2 Å². The summed E-state index contributed by atoms with van der Waals surface area (Å²) in [6.07, 6.45) is 0.377. The Morgan fingerprint density at radius 3 is 2.78 bits per heavy atom. The van der Waals surface area contributed by atoms with Gasteiger partial charge in [0.1, 0.15) is 5.75 Å². The molecule has 0 heterocycles. The lowest BCUT2D eigenvalue weighted by molar-refractivity contribution is -0.121. The maximum Gasteiger partial charge on any atom is 0.223 e. The monoisotopic (exact) mass is 250 g/mol. The molecule has 1 atom stereocenters. The van der Waals surface area contributed by atoms with Gasteiger partial charge in [0.15, 0.2) is 0 Å². The van der Waals surface area contributed by atoms with Gasteiger partial charge in [0.25, 0.3) is 0 Å². The second-order valence-electron chi connectivity index (χ2n) is 4.37. The Bertz CT molecular complexity index is 403. The molecule has 0 aromatic heterocycles. The Labute approximate surface area is 109 Å². The fraction of sp³-hybridized carbons (Fsp3) is 0.500. The van der Waals surface area contributed by atoms with Crippen LogP contribution in [0.3, 0.4) is 0 Å². The number of nitrogens with one attached hydrogen (secondary N) is 1. The maximum atomic E-state index is 11.3. The zero-order valence-electron chi connectivity index (χ0n) is 11.3. The van der Waals surface area contributed by atoms with Crippen LogP contribution in [0.4, 0.5) is 0 Å². The SMILES string of the molecule is CCNC(=O)CCOc1ccc([C@H](C)N)cc1C. The minimum Gasteiger partial charge on any atom is -0.493 e. The van der Waals surface area contributed by atoms with Gasteiger partial charge in [-0.25, -0.2) is 0 Å². The largest absolute Gasteiger partial charge is 0.493 e. The van der Waals surface area contributed by atoms with E-state index in [1.807, 2.05) is 39.0 Å². The number of hydrogen-bond acceptors (Lipinski definition) is 3. The van der Waals surface area contributed by atoms with Gasteiger partial charge in [-0.2, -0.15) is 0 Å². The molecule has 3 N–H and O–H groups in total. The summed E-state index contributed by atoms with van der Waals surface area (Å²) < 4.78 is 5.59. The van der Waals surface area contributed by atoms with Crippen LogP contribution in [0.15, 0.2) is 18.2 Å². The molecular weight excluding hydrogens is 228 g/mol. The molecule has 4 heteroatoms. The van der Waals surface area contributed by atoms with Crippen LogP contribution in [0.5, 0.6) is 5.75 Å².